The minimum absolute atomic E-state index is 0.0978. The summed E-state index contributed by atoms with van der Waals surface area (Å²) < 4.78 is 0. The number of Topliss-reactive ketones (excluding diaryl/α,β-unsaturated/α-hetero) is 1. The number of nitrogens with one attached hydrogen (secondary N) is 1. The number of hydrogen-bond donors (Lipinski definition) is 1. The zero-order valence-electron chi connectivity index (χ0n) is 7.20. The Morgan fingerprint density at radius 2 is 1.92 bits per heavy atom. The Morgan fingerprint density at radius 1 is 1.23 bits per heavy atom. The van der Waals surface area contributed by atoms with Crippen LogP contribution in [0.25, 0.3) is 0 Å². The number of carbonyl (C=O) groups excluding carboxylic acids is 2. The number of para-hydroxylation sites is 1. The number of hydrogen-bond acceptors (Lipinski definition) is 2. The first-order valence-electron chi connectivity index (χ1n) is 4.14. The van der Waals surface area contributed by atoms with Crippen molar-refractivity contribution in [3.8, 4) is 0 Å². The van der Waals surface area contributed by atoms with Crippen LogP contribution in [0.3, 0.4) is 0 Å². The summed E-state index contributed by atoms with van der Waals surface area (Å²) in [6.07, 6.45) is 0. The standard InChI is InChI=1S/C10H9NO2/c1-6-9(12)7-4-2-3-5-8(7)11-10(6)13/h2-6H,1H3,(H,11,13). The van der Waals surface area contributed by atoms with Crippen molar-refractivity contribution in [2.45, 2.75) is 6.92 Å². The van der Waals surface area contributed by atoms with Gasteiger partial charge >= 0.3 is 0 Å². The largest absolute Gasteiger partial charge is 0.325 e. The van der Waals surface area contributed by atoms with Crippen molar-refractivity contribution in [2.75, 3.05) is 5.32 Å². The van der Waals surface area contributed by atoms with Crippen molar-refractivity contribution >= 4 is 17.4 Å². The van der Waals surface area contributed by atoms with Crippen LogP contribution in [0.4, 0.5) is 5.69 Å². The van der Waals surface area contributed by atoms with E-state index in [0.29, 0.717) is 11.3 Å². The average Bonchev–Trinajstić information content (AvgIpc) is 2.15. The quantitative estimate of drug-likeness (QED) is 0.607. The number of amides is 1. The molecule has 3 heteroatoms. The molecule has 3 nitrogen and oxygen atoms in total. The zero-order valence-corrected chi connectivity index (χ0v) is 7.20. The van der Waals surface area contributed by atoms with E-state index in [0.717, 1.165) is 0 Å². The molecule has 1 atom stereocenters. The molecule has 1 heterocycles. The molecule has 0 fully saturated rings. The second kappa shape index (κ2) is 2.69. The van der Waals surface area contributed by atoms with Crippen LogP contribution in [-0.4, -0.2) is 11.7 Å². The van der Waals surface area contributed by atoms with Gasteiger partial charge in [0.2, 0.25) is 5.91 Å². The van der Waals surface area contributed by atoms with E-state index in [2.05, 4.69) is 5.32 Å². The first-order chi connectivity index (χ1) is 6.20. The Bertz CT molecular complexity index is 384. The van der Waals surface area contributed by atoms with Crippen LogP contribution in [-0.2, 0) is 4.79 Å². The van der Waals surface area contributed by atoms with Crippen molar-refractivity contribution in [3.63, 3.8) is 0 Å². The molecule has 0 saturated carbocycles. The minimum atomic E-state index is -0.560. The van der Waals surface area contributed by atoms with Crippen molar-refractivity contribution in [1.29, 1.82) is 0 Å². The monoisotopic (exact) mass is 175 g/mol. The van der Waals surface area contributed by atoms with Crippen LogP contribution in [0.15, 0.2) is 24.3 Å². The molecule has 1 N–H and O–H groups in total. The van der Waals surface area contributed by atoms with Crippen LogP contribution in [0.2, 0.25) is 0 Å². The number of anilines is 1. The summed E-state index contributed by atoms with van der Waals surface area (Å²) in [5, 5.41) is 2.68. The highest BCUT2D eigenvalue weighted by molar-refractivity contribution is 6.20. The van der Waals surface area contributed by atoms with Gasteiger partial charge in [-0.05, 0) is 19.1 Å². The van der Waals surface area contributed by atoms with Gasteiger partial charge in [0.25, 0.3) is 0 Å². The maximum atomic E-state index is 11.6. The van der Waals surface area contributed by atoms with Gasteiger partial charge in [0.1, 0.15) is 0 Å². The van der Waals surface area contributed by atoms with Gasteiger partial charge in [-0.2, -0.15) is 0 Å². The summed E-state index contributed by atoms with van der Waals surface area (Å²) in [5.41, 5.74) is 1.23. The molecule has 0 spiro atoms. The molecule has 1 amide bonds. The summed E-state index contributed by atoms with van der Waals surface area (Å²) in [7, 11) is 0. The first-order valence-corrected chi connectivity index (χ1v) is 4.14. The van der Waals surface area contributed by atoms with Crippen molar-refractivity contribution < 1.29 is 9.59 Å². The predicted octanol–water partition coefficient (Wildman–Crippen LogP) is 1.46. The van der Waals surface area contributed by atoms with Gasteiger partial charge in [0, 0.05) is 5.56 Å². The summed E-state index contributed by atoms with van der Waals surface area (Å²) in [6, 6.07) is 7.05. The van der Waals surface area contributed by atoms with Gasteiger partial charge in [0.15, 0.2) is 5.78 Å². The molecule has 1 aliphatic heterocycles. The van der Waals surface area contributed by atoms with Gasteiger partial charge in [-0.15, -0.1) is 0 Å². The van der Waals surface area contributed by atoms with Crippen LogP contribution >= 0.6 is 0 Å². The van der Waals surface area contributed by atoms with Crippen LogP contribution in [0.1, 0.15) is 17.3 Å². The summed E-state index contributed by atoms with van der Waals surface area (Å²) in [5.74, 6) is -0.877. The zero-order chi connectivity index (χ0) is 9.42. The molecule has 1 aliphatic rings. The number of fused-ring (bicyclic) bond motifs is 1. The molecular weight excluding hydrogens is 166 g/mol. The second-order valence-electron chi connectivity index (χ2n) is 3.12. The highest BCUT2D eigenvalue weighted by Crippen LogP contribution is 2.24. The molecular formula is C10H9NO2. The van der Waals surface area contributed by atoms with Crippen LogP contribution in [0.5, 0.6) is 0 Å². The molecule has 0 aromatic heterocycles. The second-order valence-corrected chi connectivity index (χ2v) is 3.12. The molecule has 2 rings (SSSR count). The first kappa shape index (κ1) is 7.98. The molecule has 0 aliphatic carbocycles. The van der Waals surface area contributed by atoms with Crippen molar-refractivity contribution in [3.05, 3.63) is 29.8 Å². The van der Waals surface area contributed by atoms with Gasteiger partial charge in [0.05, 0.1) is 11.6 Å². The average molecular weight is 175 g/mol. The van der Waals surface area contributed by atoms with Crippen LogP contribution in [0, 0.1) is 5.92 Å². The fourth-order valence-electron chi connectivity index (χ4n) is 1.40. The predicted molar refractivity (Wildman–Crippen MR) is 48.6 cm³/mol. The third kappa shape index (κ3) is 1.13. The van der Waals surface area contributed by atoms with Crippen molar-refractivity contribution in [1.82, 2.24) is 0 Å². The van der Waals surface area contributed by atoms with E-state index >= 15 is 0 Å². The van der Waals surface area contributed by atoms with E-state index in [1.807, 2.05) is 0 Å². The van der Waals surface area contributed by atoms with E-state index in [9.17, 15) is 9.59 Å². The lowest BCUT2D eigenvalue weighted by Crippen LogP contribution is -2.33. The summed E-state index contributed by atoms with van der Waals surface area (Å²) in [4.78, 5) is 22.8. The van der Waals surface area contributed by atoms with E-state index in [4.69, 9.17) is 0 Å². The highest BCUT2D eigenvalue weighted by Gasteiger charge is 2.29. The Balaban J connectivity index is 2.55. The van der Waals surface area contributed by atoms with Crippen LogP contribution < -0.4 is 5.32 Å². The lowest BCUT2D eigenvalue weighted by Gasteiger charge is -2.19. The molecule has 1 unspecified atom stereocenters. The molecule has 66 valence electrons. The maximum absolute atomic E-state index is 11.6. The Labute approximate surface area is 75.8 Å². The molecule has 13 heavy (non-hydrogen) atoms. The fourth-order valence-corrected chi connectivity index (χ4v) is 1.40. The SMILES string of the molecule is CC1C(=O)Nc2ccccc2C1=O. The molecule has 0 radical (unpaired) electrons. The normalized spacial score (nSPS) is 20.8. The summed E-state index contributed by atoms with van der Waals surface area (Å²) >= 11 is 0. The maximum Gasteiger partial charge on any atom is 0.235 e. The number of rotatable bonds is 0. The topological polar surface area (TPSA) is 46.2 Å². The highest BCUT2D eigenvalue weighted by atomic mass is 16.2. The summed E-state index contributed by atoms with van der Waals surface area (Å²) in [6.45, 7) is 1.62. The Hall–Kier alpha value is -1.64. The van der Waals surface area contributed by atoms with E-state index in [1.54, 1.807) is 31.2 Å². The van der Waals surface area contributed by atoms with Gasteiger partial charge in [-0.25, -0.2) is 0 Å². The lowest BCUT2D eigenvalue weighted by molar-refractivity contribution is -0.118. The molecule has 0 saturated heterocycles. The van der Waals surface area contributed by atoms with E-state index in [1.165, 1.54) is 0 Å². The van der Waals surface area contributed by atoms with E-state index < -0.39 is 5.92 Å². The smallest absolute Gasteiger partial charge is 0.235 e. The van der Waals surface area contributed by atoms with Gasteiger partial charge in [-0.1, -0.05) is 12.1 Å². The van der Waals surface area contributed by atoms with Crippen molar-refractivity contribution in [2.24, 2.45) is 5.92 Å². The third-order valence-electron chi connectivity index (χ3n) is 2.24. The number of benzene rings is 1. The fraction of sp³-hybridized carbons (Fsp3) is 0.200. The Kier molecular flexibility index (Phi) is 1.65. The van der Waals surface area contributed by atoms with Gasteiger partial charge in [-0.3, -0.25) is 9.59 Å². The minimum Gasteiger partial charge on any atom is -0.325 e. The molecule has 1 aromatic rings. The number of carbonyl (C=O) groups is 2. The molecule has 0 bridgehead atoms. The molecule has 1 aromatic carbocycles. The van der Waals surface area contributed by atoms with Gasteiger partial charge < -0.3 is 5.32 Å². The van der Waals surface area contributed by atoms with E-state index in [-0.39, 0.29) is 11.7 Å². The Morgan fingerprint density at radius 3 is 2.69 bits per heavy atom. The number of ketones is 1. The third-order valence-corrected chi connectivity index (χ3v) is 2.24. The lowest BCUT2D eigenvalue weighted by atomic mass is 9.93.